The predicted octanol–water partition coefficient (Wildman–Crippen LogP) is 3.34. The smallest absolute Gasteiger partial charge is 0.271 e. The highest BCUT2D eigenvalue weighted by atomic mass is 16.5. The van der Waals surface area contributed by atoms with Crippen molar-refractivity contribution in [2.24, 2.45) is 0 Å². The van der Waals surface area contributed by atoms with Crippen molar-refractivity contribution >= 4 is 17.5 Å². The van der Waals surface area contributed by atoms with E-state index < -0.39 is 5.60 Å². The number of anilines is 2. The standard InChI is InChI=1S/C20H25N3O3/c1-14-7-6-8-15(13-14)25-12-5-4-11-23-18-16(9-10-17(21)22-18)26-20(2,3)19(23)24/h6-10,13H,4-5,11-12H2,1-3H3,(H2,21,22). The summed E-state index contributed by atoms with van der Waals surface area (Å²) in [7, 11) is 0. The summed E-state index contributed by atoms with van der Waals surface area (Å²) in [5.41, 5.74) is 6.04. The maximum Gasteiger partial charge on any atom is 0.271 e. The normalized spacial score (nSPS) is 15.3. The van der Waals surface area contributed by atoms with Gasteiger partial charge in [0.1, 0.15) is 11.6 Å². The van der Waals surface area contributed by atoms with Crippen molar-refractivity contribution in [3.05, 3.63) is 42.0 Å². The molecule has 0 saturated heterocycles. The molecule has 0 radical (unpaired) electrons. The van der Waals surface area contributed by atoms with Crippen LogP contribution in [0, 0.1) is 6.92 Å². The number of hydrogen-bond donors (Lipinski definition) is 1. The molecule has 0 atom stereocenters. The van der Waals surface area contributed by atoms with Crippen molar-refractivity contribution < 1.29 is 14.3 Å². The van der Waals surface area contributed by atoms with Gasteiger partial charge in [-0.25, -0.2) is 4.98 Å². The third-order valence-electron chi connectivity index (χ3n) is 4.28. The van der Waals surface area contributed by atoms with Crippen molar-refractivity contribution in [1.29, 1.82) is 0 Å². The monoisotopic (exact) mass is 355 g/mol. The van der Waals surface area contributed by atoms with Crippen LogP contribution in [0.1, 0.15) is 32.3 Å². The Morgan fingerprint density at radius 2 is 2.04 bits per heavy atom. The van der Waals surface area contributed by atoms with Gasteiger partial charge < -0.3 is 15.2 Å². The molecule has 6 nitrogen and oxygen atoms in total. The first-order chi connectivity index (χ1) is 12.4. The molecular weight excluding hydrogens is 330 g/mol. The van der Waals surface area contributed by atoms with Crippen molar-refractivity contribution in [3.8, 4) is 11.5 Å². The number of carbonyl (C=O) groups is 1. The van der Waals surface area contributed by atoms with Gasteiger partial charge in [-0.15, -0.1) is 0 Å². The number of nitrogens with two attached hydrogens (primary N) is 1. The van der Waals surface area contributed by atoms with E-state index in [0.29, 0.717) is 30.5 Å². The van der Waals surface area contributed by atoms with E-state index in [0.717, 1.165) is 18.6 Å². The number of amides is 1. The number of fused-ring (bicyclic) bond motifs is 1. The summed E-state index contributed by atoms with van der Waals surface area (Å²) in [4.78, 5) is 18.7. The first-order valence-corrected chi connectivity index (χ1v) is 8.84. The van der Waals surface area contributed by atoms with Crippen LogP contribution in [0.4, 0.5) is 11.6 Å². The molecule has 138 valence electrons. The van der Waals surface area contributed by atoms with E-state index in [-0.39, 0.29) is 5.91 Å². The molecule has 1 amide bonds. The van der Waals surface area contributed by atoms with E-state index in [1.165, 1.54) is 5.56 Å². The molecule has 1 aliphatic rings. The lowest BCUT2D eigenvalue weighted by Gasteiger charge is -2.38. The zero-order valence-electron chi connectivity index (χ0n) is 15.5. The van der Waals surface area contributed by atoms with E-state index >= 15 is 0 Å². The molecule has 0 spiro atoms. The maximum atomic E-state index is 12.7. The first kappa shape index (κ1) is 18.0. The van der Waals surface area contributed by atoms with Gasteiger partial charge in [0.05, 0.1) is 6.61 Å². The molecule has 26 heavy (non-hydrogen) atoms. The Labute approximate surface area is 153 Å². The predicted molar refractivity (Wildman–Crippen MR) is 102 cm³/mol. The Kier molecular flexibility index (Phi) is 5.02. The van der Waals surface area contributed by atoms with Crippen molar-refractivity contribution in [3.63, 3.8) is 0 Å². The van der Waals surface area contributed by atoms with Gasteiger partial charge in [0.2, 0.25) is 0 Å². The van der Waals surface area contributed by atoms with Crippen LogP contribution < -0.4 is 20.1 Å². The van der Waals surface area contributed by atoms with Gasteiger partial charge in [-0.05, 0) is 63.4 Å². The fourth-order valence-electron chi connectivity index (χ4n) is 2.94. The van der Waals surface area contributed by atoms with Crippen molar-refractivity contribution in [2.75, 3.05) is 23.8 Å². The van der Waals surface area contributed by atoms with Crippen LogP contribution in [0.3, 0.4) is 0 Å². The number of benzene rings is 1. The molecule has 6 heteroatoms. The molecule has 0 aliphatic carbocycles. The Bertz CT molecular complexity index is 805. The fourth-order valence-corrected chi connectivity index (χ4v) is 2.94. The number of pyridine rings is 1. The van der Waals surface area contributed by atoms with Crippen molar-refractivity contribution in [2.45, 2.75) is 39.2 Å². The Hall–Kier alpha value is -2.76. The van der Waals surface area contributed by atoms with Gasteiger partial charge >= 0.3 is 0 Å². The lowest BCUT2D eigenvalue weighted by atomic mass is 10.0. The van der Waals surface area contributed by atoms with E-state index in [4.69, 9.17) is 15.2 Å². The average molecular weight is 355 g/mol. The molecular formula is C20H25N3O3. The topological polar surface area (TPSA) is 77.7 Å². The molecule has 2 aromatic rings. The number of nitrogens with zero attached hydrogens (tertiary/aromatic N) is 2. The number of rotatable bonds is 6. The number of unbranched alkanes of at least 4 members (excludes halogenated alkanes) is 1. The van der Waals surface area contributed by atoms with Crippen LogP contribution in [-0.2, 0) is 4.79 Å². The summed E-state index contributed by atoms with van der Waals surface area (Å²) in [6, 6.07) is 11.4. The number of carbonyl (C=O) groups excluding carboxylic acids is 1. The molecule has 0 saturated carbocycles. The molecule has 1 aromatic heterocycles. The molecule has 0 fully saturated rings. The van der Waals surface area contributed by atoms with Gasteiger partial charge in [-0.2, -0.15) is 0 Å². The Morgan fingerprint density at radius 1 is 1.23 bits per heavy atom. The highest BCUT2D eigenvalue weighted by Gasteiger charge is 2.41. The van der Waals surface area contributed by atoms with Crippen LogP contribution >= 0.6 is 0 Å². The molecule has 2 heterocycles. The van der Waals surface area contributed by atoms with Gasteiger partial charge in [0.15, 0.2) is 17.2 Å². The van der Waals surface area contributed by atoms with Crippen LogP contribution in [-0.4, -0.2) is 29.6 Å². The van der Waals surface area contributed by atoms with E-state index in [1.807, 2.05) is 31.2 Å². The maximum absolute atomic E-state index is 12.7. The second kappa shape index (κ2) is 7.23. The minimum atomic E-state index is -0.914. The SMILES string of the molecule is Cc1cccc(OCCCCN2C(=O)C(C)(C)Oc3ccc(N)nc32)c1. The molecule has 2 N–H and O–H groups in total. The van der Waals surface area contributed by atoms with Crippen molar-refractivity contribution in [1.82, 2.24) is 4.98 Å². The summed E-state index contributed by atoms with van der Waals surface area (Å²) in [6.45, 7) is 6.72. The minimum Gasteiger partial charge on any atom is -0.494 e. The van der Waals surface area contributed by atoms with Gasteiger partial charge in [0.25, 0.3) is 5.91 Å². The van der Waals surface area contributed by atoms with Crippen LogP contribution in [0.5, 0.6) is 11.5 Å². The van der Waals surface area contributed by atoms with E-state index in [9.17, 15) is 4.79 Å². The quantitative estimate of drug-likeness (QED) is 0.804. The number of aromatic nitrogens is 1. The molecule has 1 aliphatic heterocycles. The van der Waals surface area contributed by atoms with Crippen LogP contribution in [0.25, 0.3) is 0 Å². The lowest BCUT2D eigenvalue weighted by Crippen LogP contribution is -2.53. The molecule has 3 rings (SSSR count). The third kappa shape index (κ3) is 3.90. The highest BCUT2D eigenvalue weighted by molar-refractivity contribution is 6.01. The fraction of sp³-hybridized carbons (Fsp3) is 0.400. The summed E-state index contributed by atoms with van der Waals surface area (Å²) >= 11 is 0. The van der Waals surface area contributed by atoms with E-state index in [2.05, 4.69) is 4.98 Å². The average Bonchev–Trinajstić information content (AvgIpc) is 2.58. The molecule has 0 unspecified atom stereocenters. The summed E-state index contributed by atoms with van der Waals surface area (Å²) < 4.78 is 11.5. The number of aryl methyl sites for hydroxylation is 1. The molecule has 1 aromatic carbocycles. The second-order valence-electron chi connectivity index (χ2n) is 7.00. The summed E-state index contributed by atoms with van der Waals surface area (Å²) in [5, 5.41) is 0. The largest absolute Gasteiger partial charge is 0.494 e. The number of ether oxygens (including phenoxy) is 2. The third-order valence-corrected chi connectivity index (χ3v) is 4.28. The Morgan fingerprint density at radius 3 is 2.81 bits per heavy atom. The zero-order valence-corrected chi connectivity index (χ0v) is 15.5. The number of hydrogen-bond acceptors (Lipinski definition) is 5. The second-order valence-corrected chi connectivity index (χ2v) is 7.00. The Balaban J connectivity index is 1.60. The lowest BCUT2D eigenvalue weighted by molar-refractivity contribution is -0.132. The summed E-state index contributed by atoms with van der Waals surface area (Å²) in [6.07, 6.45) is 1.63. The first-order valence-electron chi connectivity index (χ1n) is 8.84. The van der Waals surface area contributed by atoms with Gasteiger partial charge in [0, 0.05) is 6.54 Å². The minimum absolute atomic E-state index is 0.109. The summed E-state index contributed by atoms with van der Waals surface area (Å²) in [5.74, 6) is 2.21. The zero-order chi connectivity index (χ0) is 18.7. The van der Waals surface area contributed by atoms with Gasteiger partial charge in [-0.1, -0.05) is 12.1 Å². The number of nitrogen functional groups attached to an aromatic ring is 1. The van der Waals surface area contributed by atoms with E-state index in [1.54, 1.807) is 30.9 Å². The van der Waals surface area contributed by atoms with Gasteiger partial charge in [-0.3, -0.25) is 9.69 Å². The highest BCUT2D eigenvalue weighted by Crippen LogP contribution is 2.36. The van der Waals surface area contributed by atoms with Crippen LogP contribution in [0.2, 0.25) is 0 Å². The van der Waals surface area contributed by atoms with Crippen LogP contribution in [0.15, 0.2) is 36.4 Å². The molecule has 0 bridgehead atoms.